The minimum Gasteiger partial charge on any atom is -0.268 e. The molecule has 0 aliphatic carbocycles. The van der Waals surface area contributed by atoms with Crippen LogP contribution < -0.4 is 11.1 Å². The number of rotatable bonds is 2. The first-order chi connectivity index (χ1) is 7.65. The summed E-state index contributed by atoms with van der Waals surface area (Å²) in [7, 11) is 0. The Morgan fingerprint density at radius 3 is 2.88 bits per heavy atom. The van der Waals surface area contributed by atoms with Gasteiger partial charge in [0.25, 0.3) is 11.1 Å². The molecule has 2 rings (SSSR count). The number of nitrogens with one attached hydrogen (secondary N) is 1. The maximum atomic E-state index is 11.4. The molecule has 0 atom stereocenters. The van der Waals surface area contributed by atoms with Gasteiger partial charge in [-0.1, -0.05) is 11.6 Å². The SMILES string of the molecule is O=c1ccc(=O)n(Cc2cc(Cl)ccn2)[nH]1. The highest BCUT2D eigenvalue weighted by Gasteiger charge is 2.00. The highest BCUT2D eigenvalue weighted by atomic mass is 35.5. The molecule has 16 heavy (non-hydrogen) atoms. The van der Waals surface area contributed by atoms with Crippen LogP contribution in [0.15, 0.2) is 40.1 Å². The number of pyridine rings is 1. The monoisotopic (exact) mass is 237 g/mol. The van der Waals surface area contributed by atoms with Crippen molar-refractivity contribution in [3.05, 3.63) is 61.9 Å². The summed E-state index contributed by atoms with van der Waals surface area (Å²) in [6, 6.07) is 5.68. The second kappa shape index (κ2) is 4.32. The van der Waals surface area contributed by atoms with Crippen molar-refractivity contribution in [1.82, 2.24) is 14.8 Å². The van der Waals surface area contributed by atoms with Crippen molar-refractivity contribution in [1.29, 1.82) is 0 Å². The van der Waals surface area contributed by atoms with E-state index in [9.17, 15) is 9.59 Å². The Morgan fingerprint density at radius 2 is 2.12 bits per heavy atom. The van der Waals surface area contributed by atoms with Gasteiger partial charge in [-0.2, -0.15) is 0 Å². The Labute approximate surface area is 95.3 Å². The van der Waals surface area contributed by atoms with Crippen LogP contribution in [0.2, 0.25) is 5.02 Å². The molecule has 0 unspecified atom stereocenters. The average Bonchev–Trinajstić information content (AvgIpc) is 2.24. The van der Waals surface area contributed by atoms with Crippen molar-refractivity contribution < 1.29 is 0 Å². The molecular weight excluding hydrogens is 230 g/mol. The molecule has 82 valence electrons. The molecular formula is C10H8ClN3O2. The largest absolute Gasteiger partial charge is 0.268 e. The molecule has 0 fully saturated rings. The summed E-state index contributed by atoms with van der Waals surface area (Å²) in [6.07, 6.45) is 1.55. The van der Waals surface area contributed by atoms with Gasteiger partial charge in [-0.3, -0.25) is 19.7 Å². The van der Waals surface area contributed by atoms with Crippen LogP contribution in [0.4, 0.5) is 0 Å². The fourth-order valence-electron chi connectivity index (χ4n) is 1.28. The van der Waals surface area contributed by atoms with Gasteiger partial charge in [0, 0.05) is 23.4 Å². The maximum Gasteiger partial charge on any atom is 0.265 e. The van der Waals surface area contributed by atoms with Crippen molar-refractivity contribution in [2.45, 2.75) is 6.54 Å². The van der Waals surface area contributed by atoms with Crippen molar-refractivity contribution >= 4 is 11.6 Å². The van der Waals surface area contributed by atoms with Gasteiger partial charge in [-0.05, 0) is 12.1 Å². The van der Waals surface area contributed by atoms with Gasteiger partial charge >= 0.3 is 0 Å². The van der Waals surface area contributed by atoms with Crippen molar-refractivity contribution in [2.75, 3.05) is 0 Å². The first kappa shape index (κ1) is 10.6. The minimum absolute atomic E-state index is 0.190. The molecule has 2 heterocycles. The lowest BCUT2D eigenvalue weighted by atomic mass is 10.3. The number of aromatic nitrogens is 3. The number of hydrogen-bond acceptors (Lipinski definition) is 3. The standard InChI is InChI=1S/C10H8ClN3O2/c11-7-3-4-12-8(5-7)6-14-10(16)2-1-9(15)13-14/h1-5H,6H2,(H,13,15). The highest BCUT2D eigenvalue weighted by Crippen LogP contribution is 2.07. The summed E-state index contributed by atoms with van der Waals surface area (Å²) in [5, 5.41) is 2.95. The third-order valence-electron chi connectivity index (χ3n) is 1.99. The number of nitrogens with zero attached hydrogens (tertiary/aromatic N) is 2. The van der Waals surface area contributed by atoms with E-state index in [0.717, 1.165) is 0 Å². The molecule has 5 nitrogen and oxygen atoms in total. The van der Waals surface area contributed by atoms with Gasteiger partial charge in [0.1, 0.15) is 0 Å². The van der Waals surface area contributed by atoms with Crippen LogP contribution in [0.1, 0.15) is 5.69 Å². The number of halogens is 1. The molecule has 0 spiro atoms. The van der Waals surface area contributed by atoms with Crippen LogP contribution in [-0.2, 0) is 6.54 Å². The first-order valence-corrected chi connectivity index (χ1v) is 4.93. The van der Waals surface area contributed by atoms with E-state index in [2.05, 4.69) is 10.1 Å². The molecule has 0 saturated heterocycles. The quantitative estimate of drug-likeness (QED) is 0.833. The molecule has 0 aliphatic rings. The van der Waals surface area contributed by atoms with E-state index in [1.165, 1.54) is 16.8 Å². The van der Waals surface area contributed by atoms with E-state index >= 15 is 0 Å². The zero-order valence-corrected chi connectivity index (χ0v) is 8.94. The zero-order chi connectivity index (χ0) is 11.5. The maximum absolute atomic E-state index is 11.4. The number of aromatic amines is 1. The summed E-state index contributed by atoms with van der Waals surface area (Å²) >= 11 is 5.78. The van der Waals surface area contributed by atoms with Crippen LogP contribution in [0.25, 0.3) is 0 Å². The molecule has 0 aliphatic heterocycles. The van der Waals surface area contributed by atoms with Gasteiger partial charge in [0.15, 0.2) is 0 Å². The Hall–Kier alpha value is -1.88. The van der Waals surface area contributed by atoms with E-state index in [4.69, 9.17) is 11.6 Å². The van der Waals surface area contributed by atoms with Crippen LogP contribution in [-0.4, -0.2) is 14.8 Å². The van der Waals surface area contributed by atoms with Gasteiger partial charge in [-0.25, -0.2) is 4.68 Å². The first-order valence-electron chi connectivity index (χ1n) is 4.56. The average molecular weight is 238 g/mol. The summed E-state index contributed by atoms with van der Waals surface area (Å²) in [5.74, 6) is 0. The molecule has 1 N–H and O–H groups in total. The molecule has 0 radical (unpaired) electrons. The van der Waals surface area contributed by atoms with E-state index < -0.39 is 0 Å². The molecule has 6 heteroatoms. The fourth-order valence-corrected chi connectivity index (χ4v) is 1.46. The Bertz CT molecular complexity index is 618. The topological polar surface area (TPSA) is 67.8 Å². The van der Waals surface area contributed by atoms with Crippen molar-refractivity contribution in [2.24, 2.45) is 0 Å². The van der Waals surface area contributed by atoms with Crippen LogP contribution in [0, 0.1) is 0 Å². The van der Waals surface area contributed by atoms with Gasteiger partial charge in [-0.15, -0.1) is 0 Å². The van der Waals surface area contributed by atoms with Crippen molar-refractivity contribution in [3.63, 3.8) is 0 Å². The summed E-state index contributed by atoms with van der Waals surface area (Å²) in [5.41, 5.74) is -0.0144. The molecule has 2 aromatic rings. The normalized spacial score (nSPS) is 10.3. The molecule has 0 amide bonds. The predicted octanol–water partition coefficient (Wildman–Crippen LogP) is 0.633. The van der Waals surface area contributed by atoms with E-state index in [0.29, 0.717) is 10.7 Å². The lowest BCUT2D eigenvalue weighted by Gasteiger charge is -2.03. The second-order valence-corrected chi connectivity index (χ2v) is 3.64. The van der Waals surface area contributed by atoms with Gasteiger partial charge in [0.05, 0.1) is 12.2 Å². The lowest BCUT2D eigenvalue weighted by Crippen LogP contribution is -2.28. The minimum atomic E-state index is -0.332. The van der Waals surface area contributed by atoms with Crippen LogP contribution in [0.5, 0.6) is 0 Å². The molecule has 0 bridgehead atoms. The molecule has 2 aromatic heterocycles. The second-order valence-electron chi connectivity index (χ2n) is 3.20. The van der Waals surface area contributed by atoms with Crippen molar-refractivity contribution in [3.8, 4) is 0 Å². The summed E-state index contributed by atoms with van der Waals surface area (Å²) in [6.45, 7) is 0.190. The zero-order valence-electron chi connectivity index (χ0n) is 8.18. The third-order valence-corrected chi connectivity index (χ3v) is 2.22. The Kier molecular flexibility index (Phi) is 2.87. The van der Waals surface area contributed by atoms with Crippen LogP contribution >= 0.6 is 11.6 Å². The molecule has 0 aromatic carbocycles. The summed E-state index contributed by atoms with van der Waals surface area (Å²) < 4.78 is 1.18. The van der Waals surface area contributed by atoms with E-state index in [-0.39, 0.29) is 17.7 Å². The highest BCUT2D eigenvalue weighted by molar-refractivity contribution is 6.30. The van der Waals surface area contributed by atoms with Gasteiger partial charge in [0.2, 0.25) is 0 Å². The predicted molar refractivity (Wildman–Crippen MR) is 59.7 cm³/mol. The number of hydrogen-bond donors (Lipinski definition) is 1. The Balaban J connectivity index is 2.37. The third kappa shape index (κ3) is 2.38. The van der Waals surface area contributed by atoms with Crippen LogP contribution in [0.3, 0.4) is 0 Å². The molecule has 0 saturated carbocycles. The lowest BCUT2D eigenvalue weighted by molar-refractivity contribution is 0.617. The van der Waals surface area contributed by atoms with E-state index in [1.54, 1.807) is 18.3 Å². The fraction of sp³-hybridized carbons (Fsp3) is 0.100. The van der Waals surface area contributed by atoms with E-state index in [1.807, 2.05) is 0 Å². The van der Waals surface area contributed by atoms with Gasteiger partial charge < -0.3 is 0 Å². The Morgan fingerprint density at radius 1 is 1.31 bits per heavy atom. The number of H-pyrrole nitrogens is 1. The smallest absolute Gasteiger partial charge is 0.265 e. The summed E-state index contributed by atoms with van der Waals surface area (Å²) in [4.78, 5) is 26.5.